The van der Waals surface area contributed by atoms with Crippen molar-refractivity contribution in [3.8, 4) is 5.75 Å². The lowest BCUT2D eigenvalue weighted by molar-refractivity contribution is 0.0692. The van der Waals surface area contributed by atoms with Gasteiger partial charge in [-0.05, 0) is 30.2 Å². The van der Waals surface area contributed by atoms with Gasteiger partial charge in [0.2, 0.25) is 0 Å². The summed E-state index contributed by atoms with van der Waals surface area (Å²) in [5, 5.41) is 9.09. The second-order valence-corrected chi connectivity index (χ2v) is 4.39. The molecule has 0 saturated heterocycles. The summed E-state index contributed by atoms with van der Waals surface area (Å²) in [7, 11) is 0. The maximum Gasteiger partial charge on any atom is 0.339 e. The molecule has 0 aromatic heterocycles. The van der Waals surface area contributed by atoms with Gasteiger partial charge in [-0.15, -0.1) is 0 Å². The van der Waals surface area contributed by atoms with Crippen LogP contribution in [0.3, 0.4) is 0 Å². The van der Waals surface area contributed by atoms with Crippen molar-refractivity contribution < 1.29 is 14.6 Å². The summed E-state index contributed by atoms with van der Waals surface area (Å²) in [6.45, 7) is 2.38. The average molecular weight is 256 g/mol. The lowest BCUT2D eigenvalue weighted by Crippen LogP contribution is -2.06. The zero-order chi connectivity index (χ0) is 13.7. The summed E-state index contributed by atoms with van der Waals surface area (Å²) < 4.78 is 5.60. The minimum Gasteiger partial charge on any atom is -0.492 e. The third-order valence-corrected chi connectivity index (χ3v) is 2.86. The molecule has 0 aliphatic rings. The van der Waals surface area contributed by atoms with Crippen molar-refractivity contribution in [2.75, 3.05) is 6.61 Å². The summed E-state index contributed by atoms with van der Waals surface area (Å²) in [6, 6.07) is 15.1. The molecule has 0 amide bonds. The normalized spacial score (nSPS) is 10.2. The number of benzene rings is 2. The Balaban J connectivity index is 2.03. The lowest BCUT2D eigenvalue weighted by Gasteiger charge is -2.10. The van der Waals surface area contributed by atoms with Crippen LogP contribution in [0.15, 0.2) is 48.5 Å². The smallest absolute Gasteiger partial charge is 0.339 e. The van der Waals surface area contributed by atoms with Gasteiger partial charge in [-0.3, -0.25) is 0 Å². The second kappa shape index (κ2) is 6.05. The highest BCUT2D eigenvalue weighted by Gasteiger charge is 2.11. The van der Waals surface area contributed by atoms with Crippen LogP contribution in [-0.4, -0.2) is 17.7 Å². The quantitative estimate of drug-likeness (QED) is 0.892. The maximum atomic E-state index is 11.1. The summed E-state index contributed by atoms with van der Waals surface area (Å²) >= 11 is 0. The molecule has 19 heavy (non-hydrogen) atoms. The summed E-state index contributed by atoms with van der Waals surface area (Å²) in [6.07, 6.45) is 0.758. The maximum absolute atomic E-state index is 11.1. The third kappa shape index (κ3) is 3.58. The van der Waals surface area contributed by atoms with Gasteiger partial charge in [0.15, 0.2) is 0 Å². The molecule has 0 saturated carbocycles. The van der Waals surface area contributed by atoms with Crippen LogP contribution in [0.2, 0.25) is 0 Å². The molecule has 0 atom stereocenters. The van der Waals surface area contributed by atoms with Crippen molar-refractivity contribution in [2.45, 2.75) is 13.3 Å². The van der Waals surface area contributed by atoms with E-state index in [1.807, 2.05) is 37.3 Å². The molecule has 0 aliphatic carbocycles. The van der Waals surface area contributed by atoms with E-state index in [-0.39, 0.29) is 5.56 Å². The Hall–Kier alpha value is -2.29. The minimum absolute atomic E-state index is 0.207. The third-order valence-electron chi connectivity index (χ3n) is 2.86. The highest BCUT2D eigenvalue weighted by Crippen LogP contribution is 2.20. The first-order chi connectivity index (χ1) is 9.16. The lowest BCUT2D eigenvalue weighted by atomic mass is 10.1. The summed E-state index contributed by atoms with van der Waals surface area (Å²) in [5.74, 6) is -0.529. The van der Waals surface area contributed by atoms with E-state index in [1.165, 1.54) is 5.56 Å². The van der Waals surface area contributed by atoms with Crippen molar-refractivity contribution in [1.82, 2.24) is 0 Å². The van der Waals surface area contributed by atoms with Crippen LogP contribution in [0.25, 0.3) is 0 Å². The predicted octanol–water partition coefficient (Wildman–Crippen LogP) is 3.31. The predicted molar refractivity (Wildman–Crippen MR) is 73.8 cm³/mol. The van der Waals surface area contributed by atoms with Crippen molar-refractivity contribution in [2.24, 2.45) is 0 Å². The van der Waals surface area contributed by atoms with Crippen LogP contribution >= 0.6 is 0 Å². The van der Waals surface area contributed by atoms with Gasteiger partial charge in [-0.2, -0.15) is 0 Å². The Bertz CT molecular complexity index is 561. The molecule has 0 spiro atoms. The molecule has 1 N–H and O–H groups in total. The van der Waals surface area contributed by atoms with Crippen molar-refractivity contribution in [3.63, 3.8) is 0 Å². The monoisotopic (exact) mass is 256 g/mol. The van der Waals surface area contributed by atoms with Crippen molar-refractivity contribution in [3.05, 3.63) is 65.2 Å². The van der Waals surface area contributed by atoms with E-state index in [0.29, 0.717) is 12.4 Å². The Labute approximate surface area is 112 Å². The molecule has 0 fully saturated rings. The fraction of sp³-hybridized carbons (Fsp3) is 0.188. The zero-order valence-electron chi connectivity index (χ0n) is 10.8. The number of carboxylic acid groups (broad SMARTS) is 1. The Morgan fingerprint density at radius 3 is 2.58 bits per heavy atom. The Kier molecular flexibility index (Phi) is 4.18. The fourth-order valence-corrected chi connectivity index (χ4v) is 1.85. The number of aromatic carboxylic acids is 1. The van der Waals surface area contributed by atoms with Gasteiger partial charge in [0.25, 0.3) is 0 Å². The number of ether oxygens (including phenoxy) is 1. The standard InChI is InChI=1S/C16H16O3/c1-12-7-8-14(16(17)18)15(11-12)19-10-9-13-5-3-2-4-6-13/h2-8,11H,9-10H2,1H3,(H,17,18). The topological polar surface area (TPSA) is 46.5 Å². The van der Waals surface area contributed by atoms with Crippen molar-refractivity contribution >= 4 is 5.97 Å². The molecule has 3 nitrogen and oxygen atoms in total. The van der Waals surface area contributed by atoms with Gasteiger partial charge in [0, 0.05) is 6.42 Å². The van der Waals surface area contributed by atoms with E-state index < -0.39 is 5.97 Å². The van der Waals surface area contributed by atoms with Crippen LogP contribution in [0.1, 0.15) is 21.5 Å². The largest absolute Gasteiger partial charge is 0.492 e. The molecular formula is C16H16O3. The number of carboxylic acids is 1. The van der Waals surface area contributed by atoms with E-state index in [1.54, 1.807) is 18.2 Å². The van der Waals surface area contributed by atoms with Crippen LogP contribution in [0.4, 0.5) is 0 Å². The average Bonchev–Trinajstić information content (AvgIpc) is 2.39. The first-order valence-electron chi connectivity index (χ1n) is 6.17. The molecule has 0 radical (unpaired) electrons. The highest BCUT2D eigenvalue weighted by atomic mass is 16.5. The number of rotatable bonds is 5. The Morgan fingerprint density at radius 2 is 1.89 bits per heavy atom. The molecule has 2 aromatic rings. The van der Waals surface area contributed by atoms with E-state index in [9.17, 15) is 4.79 Å². The summed E-state index contributed by atoms with van der Waals surface area (Å²) in [5.41, 5.74) is 2.37. The van der Waals surface area contributed by atoms with Crippen LogP contribution in [-0.2, 0) is 6.42 Å². The molecule has 0 aliphatic heterocycles. The molecule has 98 valence electrons. The van der Waals surface area contributed by atoms with E-state index >= 15 is 0 Å². The van der Waals surface area contributed by atoms with Crippen LogP contribution in [0.5, 0.6) is 5.75 Å². The molecule has 0 heterocycles. The van der Waals surface area contributed by atoms with Gasteiger partial charge in [-0.1, -0.05) is 36.4 Å². The molecule has 0 bridgehead atoms. The van der Waals surface area contributed by atoms with E-state index in [2.05, 4.69) is 0 Å². The summed E-state index contributed by atoms with van der Waals surface area (Å²) in [4.78, 5) is 11.1. The molecule has 3 heteroatoms. The molecule has 2 rings (SSSR count). The molecule has 0 unspecified atom stereocenters. The SMILES string of the molecule is Cc1ccc(C(=O)O)c(OCCc2ccccc2)c1. The first-order valence-corrected chi connectivity index (χ1v) is 6.17. The number of carbonyl (C=O) groups is 1. The molecular weight excluding hydrogens is 240 g/mol. The number of hydrogen-bond donors (Lipinski definition) is 1. The van der Waals surface area contributed by atoms with E-state index in [4.69, 9.17) is 9.84 Å². The zero-order valence-corrected chi connectivity index (χ0v) is 10.8. The van der Waals surface area contributed by atoms with Gasteiger partial charge in [0.1, 0.15) is 11.3 Å². The first kappa shape index (κ1) is 13.1. The van der Waals surface area contributed by atoms with E-state index in [0.717, 1.165) is 12.0 Å². The fourth-order valence-electron chi connectivity index (χ4n) is 1.85. The van der Waals surface area contributed by atoms with Gasteiger partial charge < -0.3 is 9.84 Å². The van der Waals surface area contributed by atoms with Crippen molar-refractivity contribution in [1.29, 1.82) is 0 Å². The van der Waals surface area contributed by atoms with Gasteiger partial charge >= 0.3 is 5.97 Å². The second-order valence-electron chi connectivity index (χ2n) is 4.39. The number of hydrogen-bond acceptors (Lipinski definition) is 2. The van der Waals surface area contributed by atoms with Gasteiger partial charge in [-0.25, -0.2) is 4.79 Å². The minimum atomic E-state index is -0.963. The Morgan fingerprint density at radius 1 is 1.16 bits per heavy atom. The number of aryl methyl sites for hydroxylation is 1. The molecule has 2 aromatic carbocycles. The van der Waals surface area contributed by atoms with Gasteiger partial charge in [0.05, 0.1) is 6.61 Å². The van der Waals surface area contributed by atoms with Crippen LogP contribution in [0, 0.1) is 6.92 Å². The van der Waals surface area contributed by atoms with Crippen LogP contribution < -0.4 is 4.74 Å². The highest BCUT2D eigenvalue weighted by molar-refractivity contribution is 5.90.